The minimum atomic E-state index is 0.157. The van der Waals surface area contributed by atoms with Crippen LogP contribution in [0.4, 0.5) is 0 Å². The molecule has 0 spiro atoms. The fourth-order valence-corrected chi connectivity index (χ4v) is 1.53. The number of carbonyl (C=O) groups is 1. The van der Waals surface area contributed by atoms with Crippen LogP contribution in [-0.4, -0.2) is 19.0 Å². The Balaban J connectivity index is 3.18. The zero-order valence-corrected chi connectivity index (χ0v) is 11.3. The van der Waals surface area contributed by atoms with Crippen LogP contribution in [0.1, 0.15) is 65.7 Å². The van der Waals surface area contributed by atoms with Crippen molar-refractivity contribution in [3.63, 3.8) is 0 Å². The fourth-order valence-electron chi connectivity index (χ4n) is 1.53. The van der Waals surface area contributed by atoms with Crippen LogP contribution in [0, 0.1) is 5.92 Å². The summed E-state index contributed by atoms with van der Waals surface area (Å²) in [5, 5.41) is 0. The summed E-state index contributed by atoms with van der Waals surface area (Å²) < 4.78 is 5.38. The molecule has 0 saturated carbocycles. The molecular formula is C14H28O2. The van der Waals surface area contributed by atoms with Gasteiger partial charge in [-0.15, -0.1) is 0 Å². The van der Waals surface area contributed by atoms with Crippen LogP contribution < -0.4 is 0 Å². The molecule has 0 radical (unpaired) electrons. The van der Waals surface area contributed by atoms with E-state index in [1.165, 1.54) is 32.1 Å². The van der Waals surface area contributed by atoms with Gasteiger partial charge in [0.05, 0.1) is 0 Å². The molecule has 0 aliphatic carbocycles. The molecular weight excluding hydrogens is 200 g/mol. The molecule has 0 fully saturated rings. The van der Waals surface area contributed by atoms with Crippen molar-refractivity contribution in [2.24, 2.45) is 5.92 Å². The molecule has 0 aliphatic rings. The zero-order chi connectivity index (χ0) is 12.2. The van der Waals surface area contributed by atoms with E-state index in [1.54, 1.807) is 0 Å². The third-order valence-electron chi connectivity index (χ3n) is 3.05. The van der Waals surface area contributed by atoms with Crippen LogP contribution in [0.5, 0.6) is 0 Å². The number of ether oxygens (including phenoxy) is 1. The van der Waals surface area contributed by atoms with Gasteiger partial charge in [0.25, 0.3) is 0 Å². The molecule has 0 bridgehead atoms. The maximum absolute atomic E-state index is 11.4. The Morgan fingerprint density at radius 2 is 1.69 bits per heavy atom. The van der Waals surface area contributed by atoms with E-state index in [1.807, 2.05) is 13.8 Å². The Kier molecular flexibility index (Phi) is 10.9. The Morgan fingerprint density at radius 1 is 1.06 bits per heavy atom. The Bertz CT molecular complexity index is 166. The van der Waals surface area contributed by atoms with Crippen molar-refractivity contribution in [1.29, 1.82) is 0 Å². The number of Topliss-reactive ketones (excluding diaryl/α,β-unsaturated/α-hetero) is 1. The first-order valence-electron chi connectivity index (χ1n) is 6.82. The smallest absolute Gasteiger partial charge is 0.161 e. The summed E-state index contributed by atoms with van der Waals surface area (Å²) in [5.41, 5.74) is 0. The SMILES string of the molecule is CCCCCCCCOCC(=O)C(C)CC. The molecule has 0 aliphatic heterocycles. The largest absolute Gasteiger partial charge is 0.374 e. The molecule has 2 heteroatoms. The van der Waals surface area contributed by atoms with Crippen LogP contribution in [0.25, 0.3) is 0 Å². The predicted molar refractivity (Wildman–Crippen MR) is 68.7 cm³/mol. The van der Waals surface area contributed by atoms with Crippen molar-refractivity contribution in [2.45, 2.75) is 65.7 Å². The Hall–Kier alpha value is -0.370. The molecule has 0 heterocycles. The lowest BCUT2D eigenvalue weighted by Crippen LogP contribution is -2.17. The minimum absolute atomic E-state index is 0.157. The van der Waals surface area contributed by atoms with Gasteiger partial charge in [-0.25, -0.2) is 0 Å². The molecule has 1 atom stereocenters. The first-order valence-corrected chi connectivity index (χ1v) is 6.82. The lowest BCUT2D eigenvalue weighted by Gasteiger charge is -2.07. The van der Waals surface area contributed by atoms with Crippen molar-refractivity contribution >= 4 is 5.78 Å². The van der Waals surface area contributed by atoms with Gasteiger partial charge in [-0.05, 0) is 12.8 Å². The zero-order valence-electron chi connectivity index (χ0n) is 11.3. The number of ketones is 1. The maximum atomic E-state index is 11.4. The number of carbonyl (C=O) groups excluding carboxylic acids is 1. The van der Waals surface area contributed by atoms with Gasteiger partial charge in [-0.1, -0.05) is 52.9 Å². The van der Waals surface area contributed by atoms with Crippen molar-refractivity contribution in [3.8, 4) is 0 Å². The lowest BCUT2D eigenvalue weighted by atomic mass is 10.1. The Labute approximate surface area is 101 Å². The van der Waals surface area contributed by atoms with Gasteiger partial charge in [0.2, 0.25) is 0 Å². The summed E-state index contributed by atoms with van der Waals surface area (Å²) in [6, 6.07) is 0. The summed E-state index contributed by atoms with van der Waals surface area (Å²) >= 11 is 0. The van der Waals surface area contributed by atoms with Gasteiger partial charge in [-0.2, -0.15) is 0 Å². The van der Waals surface area contributed by atoms with E-state index in [0.717, 1.165) is 19.4 Å². The van der Waals surface area contributed by atoms with E-state index in [2.05, 4.69) is 6.92 Å². The van der Waals surface area contributed by atoms with Crippen LogP contribution in [0.2, 0.25) is 0 Å². The van der Waals surface area contributed by atoms with Gasteiger partial charge in [0, 0.05) is 12.5 Å². The van der Waals surface area contributed by atoms with Gasteiger partial charge < -0.3 is 4.74 Å². The van der Waals surface area contributed by atoms with E-state index in [0.29, 0.717) is 6.61 Å². The highest BCUT2D eigenvalue weighted by Gasteiger charge is 2.09. The number of rotatable bonds is 11. The Morgan fingerprint density at radius 3 is 2.31 bits per heavy atom. The van der Waals surface area contributed by atoms with Crippen LogP contribution in [0.3, 0.4) is 0 Å². The molecule has 96 valence electrons. The molecule has 0 N–H and O–H groups in total. The van der Waals surface area contributed by atoms with Crippen molar-refractivity contribution in [3.05, 3.63) is 0 Å². The molecule has 0 aromatic heterocycles. The molecule has 0 rings (SSSR count). The quantitative estimate of drug-likeness (QED) is 0.500. The maximum Gasteiger partial charge on any atom is 0.161 e. The average molecular weight is 228 g/mol. The highest BCUT2D eigenvalue weighted by atomic mass is 16.5. The third-order valence-corrected chi connectivity index (χ3v) is 3.05. The first-order chi connectivity index (χ1) is 7.72. The normalized spacial score (nSPS) is 12.7. The van der Waals surface area contributed by atoms with E-state index >= 15 is 0 Å². The second kappa shape index (κ2) is 11.1. The minimum Gasteiger partial charge on any atom is -0.374 e. The van der Waals surface area contributed by atoms with Crippen molar-refractivity contribution < 1.29 is 9.53 Å². The monoisotopic (exact) mass is 228 g/mol. The summed E-state index contributed by atoms with van der Waals surface area (Å²) in [4.78, 5) is 11.4. The summed E-state index contributed by atoms with van der Waals surface area (Å²) in [5.74, 6) is 0.401. The van der Waals surface area contributed by atoms with Crippen LogP contribution >= 0.6 is 0 Å². The average Bonchev–Trinajstić information content (AvgIpc) is 2.31. The fraction of sp³-hybridized carbons (Fsp3) is 0.929. The number of hydrogen-bond donors (Lipinski definition) is 0. The highest BCUT2D eigenvalue weighted by molar-refractivity contribution is 5.81. The summed E-state index contributed by atoms with van der Waals surface area (Å²) in [6.45, 7) is 7.29. The van der Waals surface area contributed by atoms with Crippen molar-refractivity contribution in [2.75, 3.05) is 13.2 Å². The van der Waals surface area contributed by atoms with Crippen LogP contribution in [-0.2, 0) is 9.53 Å². The molecule has 0 saturated heterocycles. The van der Waals surface area contributed by atoms with E-state index in [4.69, 9.17) is 4.74 Å². The van der Waals surface area contributed by atoms with Gasteiger partial charge in [0.15, 0.2) is 5.78 Å². The topological polar surface area (TPSA) is 26.3 Å². The second-order valence-corrected chi connectivity index (χ2v) is 4.60. The number of hydrogen-bond acceptors (Lipinski definition) is 2. The van der Waals surface area contributed by atoms with Gasteiger partial charge >= 0.3 is 0 Å². The van der Waals surface area contributed by atoms with Crippen LogP contribution in [0.15, 0.2) is 0 Å². The molecule has 1 unspecified atom stereocenters. The van der Waals surface area contributed by atoms with E-state index < -0.39 is 0 Å². The molecule has 0 aromatic rings. The first kappa shape index (κ1) is 15.6. The molecule has 16 heavy (non-hydrogen) atoms. The summed E-state index contributed by atoms with van der Waals surface area (Å²) in [7, 11) is 0. The van der Waals surface area contributed by atoms with Gasteiger partial charge in [0.1, 0.15) is 6.61 Å². The van der Waals surface area contributed by atoms with E-state index in [9.17, 15) is 4.79 Å². The summed E-state index contributed by atoms with van der Waals surface area (Å²) in [6.07, 6.45) is 8.51. The van der Waals surface area contributed by atoms with E-state index in [-0.39, 0.29) is 11.7 Å². The standard InChI is InChI=1S/C14H28O2/c1-4-6-7-8-9-10-11-16-12-14(15)13(3)5-2/h13H,4-12H2,1-3H3. The lowest BCUT2D eigenvalue weighted by molar-refractivity contribution is -0.127. The highest BCUT2D eigenvalue weighted by Crippen LogP contribution is 2.06. The second-order valence-electron chi connectivity index (χ2n) is 4.60. The molecule has 2 nitrogen and oxygen atoms in total. The molecule has 0 aromatic carbocycles. The molecule has 0 amide bonds. The third kappa shape index (κ3) is 8.90. The predicted octanol–water partition coefficient (Wildman–Crippen LogP) is 3.98. The van der Waals surface area contributed by atoms with Gasteiger partial charge in [-0.3, -0.25) is 4.79 Å². The van der Waals surface area contributed by atoms with Crippen molar-refractivity contribution in [1.82, 2.24) is 0 Å². The number of unbranched alkanes of at least 4 members (excludes halogenated alkanes) is 5.